The van der Waals surface area contributed by atoms with Gasteiger partial charge in [-0.2, -0.15) is 10.2 Å². The van der Waals surface area contributed by atoms with Gasteiger partial charge in [0.15, 0.2) is 11.6 Å². The lowest BCUT2D eigenvalue weighted by molar-refractivity contribution is 0.0391. The maximum Gasteiger partial charge on any atom is 0.269 e. The zero-order chi connectivity index (χ0) is 16.7. The van der Waals surface area contributed by atoms with Gasteiger partial charge in [0.25, 0.3) is 5.91 Å². The number of H-pyrrole nitrogens is 1. The minimum Gasteiger partial charge on any atom is -0.365 e. The normalized spacial score (nSPS) is 23.6. The van der Waals surface area contributed by atoms with E-state index in [9.17, 15) is 4.79 Å². The molecule has 0 bridgehead atoms. The third-order valence-corrected chi connectivity index (χ3v) is 4.70. The van der Waals surface area contributed by atoms with Gasteiger partial charge in [0, 0.05) is 19.5 Å². The van der Waals surface area contributed by atoms with Gasteiger partial charge in [0.05, 0.1) is 12.3 Å². The molecule has 0 aromatic carbocycles. The maximum atomic E-state index is 12.3. The summed E-state index contributed by atoms with van der Waals surface area (Å²) in [6.07, 6.45) is 5.81. The number of ether oxygens (including phenoxy) is 1. The van der Waals surface area contributed by atoms with Gasteiger partial charge in [-0.05, 0) is 38.2 Å². The van der Waals surface area contributed by atoms with E-state index in [1.54, 1.807) is 17.9 Å². The third kappa shape index (κ3) is 2.93. The molecule has 1 saturated heterocycles. The van der Waals surface area contributed by atoms with E-state index >= 15 is 0 Å². The molecule has 3 heterocycles. The van der Waals surface area contributed by atoms with Crippen LogP contribution in [-0.4, -0.2) is 43.5 Å². The lowest BCUT2D eigenvalue weighted by Gasteiger charge is -2.13. The first-order valence-electron chi connectivity index (χ1n) is 8.46. The zero-order valence-corrected chi connectivity index (χ0v) is 14.0. The third-order valence-electron chi connectivity index (χ3n) is 4.70. The Morgan fingerprint density at radius 2 is 2.25 bits per heavy atom. The smallest absolute Gasteiger partial charge is 0.269 e. The molecule has 0 unspecified atom stereocenters. The molecule has 4 rings (SSSR count). The van der Waals surface area contributed by atoms with Gasteiger partial charge in [-0.1, -0.05) is 0 Å². The summed E-state index contributed by atoms with van der Waals surface area (Å²) in [5.74, 6) is 2.15. The van der Waals surface area contributed by atoms with E-state index in [0.717, 1.165) is 30.1 Å². The fourth-order valence-corrected chi connectivity index (χ4v) is 3.18. The minimum absolute atomic E-state index is 0.00181. The van der Waals surface area contributed by atoms with Crippen LogP contribution in [0.2, 0.25) is 0 Å². The summed E-state index contributed by atoms with van der Waals surface area (Å²) in [4.78, 5) is 16.8. The fourth-order valence-electron chi connectivity index (χ4n) is 3.18. The summed E-state index contributed by atoms with van der Waals surface area (Å²) in [5, 5.41) is 14.3. The Bertz CT molecular complexity index is 728. The van der Waals surface area contributed by atoms with E-state index in [1.807, 2.05) is 6.92 Å². The number of hydrogen-bond acceptors (Lipinski definition) is 5. The molecule has 24 heavy (non-hydrogen) atoms. The Hall–Kier alpha value is -2.22. The van der Waals surface area contributed by atoms with Crippen LogP contribution in [0.15, 0.2) is 6.20 Å². The number of amides is 1. The van der Waals surface area contributed by atoms with Gasteiger partial charge in [-0.25, -0.2) is 4.98 Å². The molecule has 1 aliphatic carbocycles. The molecule has 128 valence electrons. The number of nitrogens with one attached hydrogen (secondary N) is 2. The highest BCUT2D eigenvalue weighted by atomic mass is 16.5. The van der Waals surface area contributed by atoms with Gasteiger partial charge >= 0.3 is 0 Å². The lowest BCUT2D eigenvalue weighted by atomic mass is 10.2. The van der Waals surface area contributed by atoms with Crippen molar-refractivity contribution in [3.05, 3.63) is 29.1 Å². The van der Waals surface area contributed by atoms with Gasteiger partial charge in [-0.15, -0.1) is 0 Å². The molecular weight excluding hydrogens is 308 g/mol. The highest BCUT2D eigenvalue weighted by Gasteiger charge is 2.32. The molecule has 2 atom stereocenters. The van der Waals surface area contributed by atoms with Crippen LogP contribution in [-0.2, 0) is 11.8 Å². The zero-order valence-electron chi connectivity index (χ0n) is 14.0. The molecule has 1 saturated carbocycles. The van der Waals surface area contributed by atoms with E-state index in [0.29, 0.717) is 18.2 Å². The van der Waals surface area contributed by atoms with Crippen LogP contribution in [0.25, 0.3) is 0 Å². The first-order valence-corrected chi connectivity index (χ1v) is 8.46. The average Bonchev–Trinajstić information content (AvgIpc) is 2.98. The SMILES string of the molecule is Cc1cnn(C)c1C(=O)NC[C@H]1CC[C@@H](c2nc(C3CC3)n[nH]2)O1. The van der Waals surface area contributed by atoms with E-state index in [-0.39, 0.29) is 18.1 Å². The summed E-state index contributed by atoms with van der Waals surface area (Å²) in [5.41, 5.74) is 1.46. The largest absolute Gasteiger partial charge is 0.365 e. The van der Waals surface area contributed by atoms with Crippen molar-refractivity contribution in [2.75, 3.05) is 6.54 Å². The lowest BCUT2D eigenvalue weighted by Crippen LogP contribution is -2.33. The van der Waals surface area contributed by atoms with Crippen molar-refractivity contribution >= 4 is 5.91 Å². The highest BCUT2D eigenvalue weighted by Crippen LogP contribution is 2.39. The van der Waals surface area contributed by atoms with Gasteiger partial charge in [-0.3, -0.25) is 14.6 Å². The van der Waals surface area contributed by atoms with Crippen molar-refractivity contribution in [3.63, 3.8) is 0 Å². The average molecular weight is 330 g/mol. The first kappa shape index (κ1) is 15.3. The van der Waals surface area contributed by atoms with Crippen LogP contribution in [0, 0.1) is 6.92 Å². The molecule has 2 aromatic rings. The van der Waals surface area contributed by atoms with Crippen LogP contribution in [0.1, 0.15) is 65.4 Å². The number of carbonyl (C=O) groups excluding carboxylic acids is 1. The van der Waals surface area contributed by atoms with E-state index in [4.69, 9.17) is 4.74 Å². The number of aromatic amines is 1. The Balaban J connectivity index is 1.31. The van der Waals surface area contributed by atoms with Crippen LogP contribution in [0.5, 0.6) is 0 Å². The topological polar surface area (TPSA) is 97.7 Å². The molecule has 0 radical (unpaired) electrons. The van der Waals surface area contributed by atoms with E-state index < -0.39 is 0 Å². The van der Waals surface area contributed by atoms with Crippen LogP contribution in [0.3, 0.4) is 0 Å². The quantitative estimate of drug-likeness (QED) is 0.863. The van der Waals surface area contributed by atoms with Crippen LogP contribution < -0.4 is 5.32 Å². The monoisotopic (exact) mass is 330 g/mol. The molecule has 1 amide bonds. The molecule has 8 nitrogen and oxygen atoms in total. The highest BCUT2D eigenvalue weighted by molar-refractivity contribution is 5.93. The van der Waals surface area contributed by atoms with E-state index in [2.05, 4.69) is 25.6 Å². The predicted molar refractivity (Wildman–Crippen MR) is 85.5 cm³/mol. The molecule has 8 heteroatoms. The van der Waals surface area contributed by atoms with Gasteiger partial charge in [0.2, 0.25) is 0 Å². The minimum atomic E-state index is -0.116. The molecule has 2 aliphatic rings. The predicted octanol–water partition coefficient (Wildman–Crippen LogP) is 1.37. The van der Waals surface area contributed by atoms with Crippen molar-refractivity contribution in [2.24, 2.45) is 7.05 Å². The van der Waals surface area contributed by atoms with Crippen molar-refractivity contribution in [1.29, 1.82) is 0 Å². The molecule has 0 spiro atoms. The summed E-state index contributed by atoms with van der Waals surface area (Å²) < 4.78 is 7.61. The molecule has 2 aromatic heterocycles. The van der Waals surface area contributed by atoms with E-state index in [1.165, 1.54) is 12.8 Å². The summed E-state index contributed by atoms with van der Waals surface area (Å²) in [7, 11) is 1.77. The van der Waals surface area contributed by atoms with Crippen molar-refractivity contribution in [3.8, 4) is 0 Å². The maximum absolute atomic E-state index is 12.3. The molecule has 2 N–H and O–H groups in total. The second-order valence-electron chi connectivity index (χ2n) is 6.69. The number of rotatable bonds is 5. The number of aryl methyl sites for hydroxylation is 2. The molecule has 1 aliphatic heterocycles. The summed E-state index contributed by atoms with van der Waals surface area (Å²) >= 11 is 0. The van der Waals surface area contributed by atoms with Gasteiger partial charge in [0.1, 0.15) is 11.8 Å². The van der Waals surface area contributed by atoms with Crippen molar-refractivity contribution in [1.82, 2.24) is 30.3 Å². The Morgan fingerprint density at radius 3 is 2.96 bits per heavy atom. The number of nitrogens with zero attached hydrogens (tertiary/aromatic N) is 4. The summed E-state index contributed by atoms with van der Waals surface area (Å²) in [6.45, 7) is 2.37. The molecular formula is C16H22N6O2. The number of carbonyl (C=O) groups is 1. The standard InChI is InChI=1S/C16H22N6O2/c1-9-7-18-22(2)13(9)16(23)17-8-11-5-6-12(24-11)15-19-14(20-21-15)10-3-4-10/h7,10-12H,3-6,8H2,1-2H3,(H,17,23)(H,19,20,21)/t11-,12+/m1/s1. The number of aromatic nitrogens is 5. The fraction of sp³-hybridized carbons (Fsp3) is 0.625. The molecule has 2 fully saturated rings. The summed E-state index contributed by atoms with van der Waals surface area (Å²) in [6, 6.07) is 0. The second-order valence-corrected chi connectivity index (χ2v) is 6.69. The Kier molecular flexibility index (Phi) is 3.84. The Morgan fingerprint density at radius 1 is 1.42 bits per heavy atom. The van der Waals surface area contributed by atoms with Gasteiger partial charge < -0.3 is 10.1 Å². The first-order chi connectivity index (χ1) is 11.6. The second kappa shape index (κ2) is 6.01. The van der Waals surface area contributed by atoms with Crippen LogP contribution in [0.4, 0.5) is 0 Å². The Labute approximate surface area is 140 Å². The van der Waals surface area contributed by atoms with Crippen molar-refractivity contribution < 1.29 is 9.53 Å². The number of hydrogen-bond donors (Lipinski definition) is 2. The van der Waals surface area contributed by atoms with Crippen LogP contribution >= 0.6 is 0 Å². The van der Waals surface area contributed by atoms with Crippen molar-refractivity contribution in [2.45, 2.75) is 50.7 Å².